The van der Waals surface area contributed by atoms with E-state index in [2.05, 4.69) is 138 Å². The molecule has 10 rings (SSSR count). The molecule has 0 bridgehead atoms. The molecule has 34 heteroatoms. The Morgan fingerprint density at radius 3 is 1.39 bits per heavy atom. The molecule has 0 radical (unpaired) electrons. The molecule has 4 aliphatic rings. The van der Waals surface area contributed by atoms with Crippen molar-refractivity contribution in [2.75, 3.05) is 126 Å². The van der Waals surface area contributed by atoms with E-state index < -0.39 is 19.3 Å². The number of fused-ring (bicyclic) bond motifs is 2. The quantitative estimate of drug-likeness (QED) is 0.0652. The number of hydrogen-bond donors (Lipinski definition) is 6. The Morgan fingerprint density at radius 2 is 1.01 bits per heavy atom. The summed E-state index contributed by atoms with van der Waals surface area (Å²) < 4.78 is 13.2. The van der Waals surface area contributed by atoms with Gasteiger partial charge in [-0.25, -0.2) is 34.9 Å². The van der Waals surface area contributed by atoms with E-state index in [0.29, 0.717) is 71.7 Å². The molecule has 4 fully saturated rings. The molecular formula is C49H75BClI6N16O8S2-. The minimum Gasteiger partial charge on any atom is -0.423 e. The molecule has 2 atom stereocenters. The molecule has 24 nitrogen and oxygen atoms in total. The maximum atomic E-state index is 12.1. The number of nitrogens with zero attached hydrogens (tertiary/aromatic N) is 14. The summed E-state index contributed by atoms with van der Waals surface area (Å²) in [5.74, 6) is 2.33. The van der Waals surface area contributed by atoms with Crippen molar-refractivity contribution in [2.45, 2.75) is 75.3 Å². The number of carbonyl (C=O) groups excluding carboxylic acids is 2. The molecule has 10 heterocycles. The Hall–Kier alpha value is -1.21. The summed E-state index contributed by atoms with van der Waals surface area (Å²) in [4.78, 5) is 73.4. The average molecular weight is 1890 g/mol. The normalized spacial score (nSPS) is 16.1. The van der Waals surface area contributed by atoms with Gasteiger partial charge >= 0.3 is 57.6 Å². The Kier molecular flexibility index (Phi) is 36.6. The molecule has 0 spiro atoms. The van der Waals surface area contributed by atoms with E-state index in [9.17, 15) is 19.8 Å². The first-order valence-electron chi connectivity index (χ1n) is 24.8. The van der Waals surface area contributed by atoms with Gasteiger partial charge in [0.15, 0.2) is 17.5 Å². The fraction of sp³-hybridized carbons (Fsp3) is 0.551. The first-order chi connectivity index (χ1) is 38.0. The number of thiophene rings is 2. The van der Waals surface area contributed by atoms with E-state index in [0.717, 1.165) is 114 Å². The van der Waals surface area contributed by atoms with Gasteiger partial charge in [0, 0.05) is 169 Å². The van der Waals surface area contributed by atoms with Gasteiger partial charge in [0.1, 0.15) is 12.2 Å². The van der Waals surface area contributed by atoms with Crippen molar-refractivity contribution in [1.29, 1.82) is 0 Å². The van der Waals surface area contributed by atoms with Crippen molar-refractivity contribution in [1.82, 2.24) is 59.5 Å². The number of halogens is 7. The summed E-state index contributed by atoms with van der Waals surface area (Å²) in [6.45, 7) is 20.3. The van der Waals surface area contributed by atoms with E-state index in [1.807, 2.05) is 0 Å². The van der Waals surface area contributed by atoms with Crippen LogP contribution in [0.1, 0.15) is 57.0 Å². The van der Waals surface area contributed by atoms with E-state index in [-0.39, 0.29) is 80.7 Å². The molecule has 8 N–H and O–H groups in total. The summed E-state index contributed by atoms with van der Waals surface area (Å²) in [6, 6.07) is 0. The Morgan fingerprint density at radius 1 is 0.651 bits per heavy atom. The van der Waals surface area contributed by atoms with Crippen LogP contribution < -0.4 is 40.0 Å². The number of aromatic nitrogens is 8. The molecular weight excluding hydrogens is 1810 g/mol. The van der Waals surface area contributed by atoms with Gasteiger partial charge in [-0.15, -0.1) is 46.7 Å². The summed E-state index contributed by atoms with van der Waals surface area (Å²) in [5, 5.41) is 36.5. The van der Waals surface area contributed by atoms with E-state index in [4.69, 9.17) is 52.6 Å². The Labute approximate surface area is 569 Å². The second kappa shape index (κ2) is 39.0. The van der Waals surface area contributed by atoms with Crippen molar-refractivity contribution in [3.8, 4) is 11.4 Å². The number of amides is 2. The summed E-state index contributed by atoms with van der Waals surface area (Å²) in [5.41, 5.74) is 15.9. The molecule has 464 valence electrons. The van der Waals surface area contributed by atoms with Crippen molar-refractivity contribution >= 4 is 201 Å². The predicted octanol–water partition coefficient (Wildman–Crippen LogP) is 3.23. The van der Waals surface area contributed by atoms with Crippen LogP contribution in [0, 0.1) is 13.8 Å². The predicted molar refractivity (Wildman–Crippen MR) is 376 cm³/mol. The van der Waals surface area contributed by atoms with Crippen LogP contribution in [0.5, 0.6) is 0 Å². The third-order valence-corrected chi connectivity index (χ3v) is 15.7. The van der Waals surface area contributed by atoms with Crippen LogP contribution in [-0.2, 0) is 32.2 Å². The van der Waals surface area contributed by atoms with Gasteiger partial charge in [-0.1, -0.05) is 22.3 Å². The molecule has 6 aromatic heterocycles. The van der Waals surface area contributed by atoms with Crippen molar-refractivity contribution in [2.24, 2.45) is 0 Å². The number of hydrogen-bond acceptors (Lipinski definition) is 24. The number of anilines is 4. The summed E-state index contributed by atoms with van der Waals surface area (Å²) >= 11 is 19.2. The molecule has 4 aliphatic heterocycles. The van der Waals surface area contributed by atoms with Gasteiger partial charge in [0.2, 0.25) is 17.2 Å². The zero-order valence-electron chi connectivity index (χ0n) is 44.1. The number of carbonyl (C=O) groups is 2. The monoisotopic (exact) mass is 1890 g/mol. The number of aliphatic hydroxyl groups is 2. The molecule has 0 aromatic carbocycles. The minimum atomic E-state index is -1.53. The van der Waals surface area contributed by atoms with E-state index in [1.54, 1.807) is 44.9 Å². The fourth-order valence-corrected chi connectivity index (χ4v) is 11.5. The molecule has 0 unspecified atom stereocenters. The van der Waals surface area contributed by atoms with Crippen molar-refractivity contribution in [3.05, 3.63) is 51.0 Å². The van der Waals surface area contributed by atoms with Crippen LogP contribution in [-0.4, -0.2) is 216 Å². The molecule has 0 aliphatic carbocycles. The third-order valence-electron chi connectivity index (χ3n) is 13.0. The number of piperazine rings is 2. The largest absolute Gasteiger partial charge is 0.491 e. The van der Waals surface area contributed by atoms with Crippen LogP contribution in [0.3, 0.4) is 0 Å². The van der Waals surface area contributed by atoms with E-state index in [1.165, 1.54) is 36.0 Å². The van der Waals surface area contributed by atoms with Gasteiger partial charge in [-0.3, -0.25) is 19.4 Å². The maximum absolute atomic E-state index is 12.1. The van der Waals surface area contributed by atoms with E-state index >= 15 is 0 Å². The van der Waals surface area contributed by atoms with Crippen LogP contribution in [0.4, 0.5) is 23.5 Å². The smallest absolute Gasteiger partial charge is 0.423 e. The van der Waals surface area contributed by atoms with Crippen LogP contribution in [0.2, 0.25) is 5.28 Å². The van der Waals surface area contributed by atoms with Gasteiger partial charge in [0.05, 0.1) is 52.4 Å². The first kappa shape index (κ1) is 77.9. The zero-order chi connectivity index (χ0) is 57.3. The van der Waals surface area contributed by atoms with Crippen LogP contribution in [0.25, 0.3) is 31.8 Å². The fourth-order valence-electron chi connectivity index (χ4n) is 8.74. The van der Waals surface area contributed by atoms with Crippen molar-refractivity contribution < 1.29 is 52.6 Å². The van der Waals surface area contributed by atoms with Gasteiger partial charge in [-0.05, 0) is 50.4 Å². The maximum Gasteiger partial charge on any atom is 0.491 e. The van der Waals surface area contributed by atoms with Gasteiger partial charge < -0.3 is 60.8 Å². The first-order valence-corrected chi connectivity index (χ1v) is 45.6. The number of nitrogens with two attached hydrogens (primary N) is 2. The SMILES string of the molecule is C.C.C.Cc1c(CN2CCN(C(=O)[C@H](C)O)CC2)sc2c(N3CCOCC3)nc(-c3cnc(N)nc3)nc12.Cc1c(CN2CCN(C(=O)[C@H](C)O)CC2)sc2c(N3CCOCC3)nc(Cl)nc12.I.II.I[I-]I.Nc1ncc(B(O)O)cn1. The molecule has 2 amide bonds. The second-order valence-electron chi connectivity index (χ2n) is 18.2. The summed E-state index contributed by atoms with van der Waals surface area (Å²) in [6.07, 6.45) is 3.93. The van der Waals surface area contributed by atoms with Crippen LogP contribution in [0.15, 0.2) is 24.8 Å². The number of aryl methyl sites for hydroxylation is 2. The molecule has 4 saturated heterocycles. The van der Waals surface area contributed by atoms with Crippen LogP contribution >= 0.6 is 133 Å². The second-order valence-corrected chi connectivity index (χ2v) is 37.0. The number of ether oxygens (including phenoxy) is 2. The van der Waals surface area contributed by atoms with Gasteiger partial charge in [0.25, 0.3) is 11.8 Å². The number of morpholine rings is 2. The minimum absolute atomic E-state index is 0. The molecule has 83 heavy (non-hydrogen) atoms. The van der Waals surface area contributed by atoms with Gasteiger partial charge in [-0.2, -0.15) is 4.98 Å². The zero-order valence-corrected chi connectivity index (χ0v) is 59.6. The summed E-state index contributed by atoms with van der Waals surface area (Å²) in [7, 11) is -1.53. The third kappa shape index (κ3) is 22.1. The number of rotatable bonds is 10. The average Bonchev–Trinajstić information content (AvgIpc) is 4.00. The molecule has 0 saturated carbocycles. The standard InChI is InChI=1S/C23H30N8O3S.C19H26ClN5O3S.C4H6BN3O2.3CH4.I3.I2.HI/c1-14-17(13-29-3-5-31(6-4-29)22(33)15(2)32)35-19-18(14)27-20(16-11-25-23(24)26-12-16)28-21(19)30-7-9-34-10-8-30;1-12-14(11-23-3-5-25(6-4-23)18(27)13(2)26)29-16-15(12)21-19(20)22-17(16)24-7-9-28-10-8-24;6-4-7-1-3(2-8-4)5(9)10;;;;1-3-2;1-2;/h11-12,15,32H,3-10,13H2,1-2H3,(H2,24,25,26);13,26H,3-11H2,1-2H3;1-2,9-10H,(H2,6,7,8);3*1H4;;;1H/q;;;;;;-1;;/t15-;13-;;;;;;;/m00......./s1. The van der Waals surface area contributed by atoms with Crippen molar-refractivity contribution in [3.63, 3.8) is 0 Å². The Balaban J connectivity index is 0.000000442. The molecule has 6 aromatic rings. The topological polar surface area (TPSA) is 308 Å². The number of nitrogen functional groups attached to an aromatic ring is 2. The Bertz CT molecular complexity index is 2910. The number of aliphatic hydroxyl groups excluding tert-OH is 2.